The number of benzene rings is 1. The number of hydrogen-bond acceptors (Lipinski definition) is 6. The molecule has 0 radical (unpaired) electrons. The van der Waals surface area contributed by atoms with Crippen molar-refractivity contribution in [1.29, 1.82) is 0 Å². The van der Waals surface area contributed by atoms with Gasteiger partial charge >= 0.3 is 0 Å². The first-order valence-corrected chi connectivity index (χ1v) is 8.16. The number of rotatable bonds is 11. The standard InChI is InChI=1S/C16H23ClN2O6/c1-2-24-10-25-9-14(7-12(8-20)16(22)19-23)18-15(21)11-3-5-13(17)6-4-11/h3-6,12,14,20,23H,2,7-10H2,1H3,(H,18,21)(H,19,22)/t12-,14+/m1/s1. The van der Waals surface area contributed by atoms with Gasteiger partial charge in [0.15, 0.2) is 0 Å². The van der Waals surface area contributed by atoms with E-state index in [0.717, 1.165) is 0 Å². The number of hydrogen-bond donors (Lipinski definition) is 4. The Morgan fingerprint density at radius 3 is 2.48 bits per heavy atom. The number of carbonyl (C=O) groups excluding carboxylic acids is 2. The van der Waals surface area contributed by atoms with Gasteiger partial charge in [-0.1, -0.05) is 11.6 Å². The maximum Gasteiger partial charge on any atom is 0.251 e. The molecule has 1 aromatic carbocycles. The molecular weight excluding hydrogens is 352 g/mol. The monoisotopic (exact) mass is 374 g/mol. The van der Waals surface area contributed by atoms with Crippen LogP contribution in [0.4, 0.5) is 0 Å². The van der Waals surface area contributed by atoms with E-state index in [1.807, 2.05) is 6.92 Å². The highest BCUT2D eigenvalue weighted by Gasteiger charge is 2.24. The van der Waals surface area contributed by atoms with Crippen molar-refractivity contribution < 1.29 is 29.4 Å². The van der Waals surface area contributed by atoms with E-state index in [2.05, 4.69) is 5.32 Å². The quantitative estimate of drug-likeness (QED) is 0.198. The summed E-state index contributed by atoms with van der Waals surface area (Å²) in [6.45, 7) is 1.93. The van der Waals surface area contributed by atoms with Gasteiger partial charge in [0.2, 0.25) is 5.91 Å². The molecule has 1 rings (SSSR count). The van der Waals surface area contributed by atoms with Crippen LogP contribution in [-0.2, 0) is 14.3 Å². The van der Waals surface area contributed by atoms with E-state index in [9.17, 15) is 14.7 Å². The van der Waals surface area contributed by atoms with Crippen LogP contribution in [0.25, 0.3) is 0 Å². The van der Waals surface area contributed by atoms with Crippen LogP contribution < -0.4 is 10.8 Å². The molecule has 4 N–H and O–H groups in total. The number of amides is 2. The fourth-order valence-electron chi connectivity index (χ4n) is 2.07. The van der Waals surface area contributed by atoms with E-state index in [-0.39, 0.29) is 25.7 Å². The predicted molar refractivity (Wildman–Crippen MR) is 90.3 cm³/mol. The summed E-state index contributed by atoms with van der Waals surface area (Å²) in [5, 5.41) is 21.3. The largest absolute Gasteiger partial charge is 0.396 e. The van der Waals surface area contributed by atoms with E-state index < -0.39 is 24.5 Å². The van der Waals surface area contributed by atoms with Gasteiger partial charge in [0.25, 0.3) is 5.91 Å². The molecule has 0 spiro atoms. The average Bonchev–Trinajstić information content (AvgIpc) is 2.62. The Bertz CT molecular complexity index is 540. The summed E-state index contributed by atoms with van der Waals surface area (Å²) in [5.74, 6) is -2.00. The summed E-state index contributed by atoms with van der Waals surface area (Å²) in [6.07, 6.45) is 0.0777. The maximum atomic E-state index is 12.3. The van der Waals surface area contributed by atoms with Crippen molar-refractivity contribution in [3.8, 4) is 0 Å². The van der Waals surface area contributed by atoms with Crippen molar-refractivity contribution in [3.05, 3.63) is 34.9 Å². The SMILES string of the molecule is CCOCOC[C@H](C[C@H](CO)C(=O)NO)NC(=O)c1ccc(Cl)cc1. The second-order valence-electron chi connectivity index (χ2n) is 5.25. The van der Waals surface area contributed by atoms with Crippen molar-refractivity contribution in [2.24, 2.45) is 5.92 Å². The zero-order chi connectivity index (χ0) is 18.7. The molecule has 0 unspecified atom stereocenters. The second-order valence-corrected chi connectivity index (χ2v) is 5.69. The fourth-order valence-corrected chi connectivity index (χ4v) is 2.20. The molecule has 0 fully saturated rings. The number of carbonyl (C=O) groups is 2. The molecule has 9 heteroatoms. The summed E-state index contributed by atoms with van der Waals surface area (Å²) >= 11 is 5.80. The lowest BCUT2D eigenvalue weighted by molar-refractivity contribution is -0.135. The molecule has 2 amide bonds. The number of halogens is 1. The van der Waals surface area contributed by atoms with Crippen molar-refractivity contribution in [1.82, 2.24) is 10.8 Å². The topological polar surface area (TPSA) is 117 Å². The summed E-state index contributed by atoms with van der Waals surface area (Å²) in [6, 6.07) is 5.75. The number of aliphatic hydroxyl groups excluding tert-OH is 1. The second kappa shape index (κ2) is 11.8. The van der Waals surface area contributed by atoms with Gasteiger partial charge in [-0.25, -0.2) is 5.48 Å². The van der Waals surface area contributed by atoms with E-state index in [0.29, 0.717) is 17.2 Å². The lowest BCUT2D eigenvalue weighted by Gasteiger charge is -2.22. The Morgan fingerprint density at radius 2 is 1.92 bits per heavy atom. The van der Waals surface area contributed by atoms with Crippen LogP contribution in [0.5, 0.6) is 0 Å². The Hall–Kier alpha value is -1.71. The molecule has 1 aromatic rings. The number of aliphatic hydroxyl groups is 1. The third-order valence-electron chi connectivity index (χ3n) is 3.40. The number of ether oxygens (including phenoxy) is 2. The first-order valence-electron chi connectivity index (χ1n) is 7.78. The van der Waals surface area contributed by atoms with Gasteiger partial charge in [-0.15, -0.1) is 0 Å². The van der Waals surface area contributed by atoms with Gasteiger partial charge in [-0.2, -0.15) is 0 Å². The lowest BCUT2D eigenvalue weighted by atomic mass is 10.00. The number of hydroxylamine groups is 1. The molecule has 0 aliphatic carbocycles. The molecule has 0 saturated heterocycles. The van der Waals surface area contributed by atoms with Crippen LogP contribution in [0.1, 0.15) is 23.7 Å². The van der Waals surface area contributed by atoms with Crippen LogP contribution in [-0.4, -0.2) is 54.8 Å². The molecule has 0 heterocycles. The molecule has 2 atom stereocenters. The third-order valence-corrected chi connectivity index (χ3v) is 3.65. The first kappa shape index (κ1) is 21.3. The lowest BCUT2D eigenvalue weighted by Crippen LogP contribution is -2.43. The van der Waals surface area contributed by atoms with Gasteiger partial charge in [0, 0.05) is 17.2 Å². The van der Waals surface area contributed by atoms with Crippen molar-refractivity contribution in [2.45, 2.75) is 19.4 Å². The van der Waals surface area contributed by atoms with Gasteiger partial charge in [0.05, 0.1) is 25.2 Å². The van der Waals surface area contributed by atoms with E-state index >= 15 is 0 Å². The molecule has 0 aliphatic heterocycles. The van der Waals surface area contributed by atoms with Gasteiger partial charge < -0.3 is 19.9 Å². The smallest absolute Gasteiger partial charge is 0.251 e. The molecule has 0 bridgehead atoms. The highest BCUT2D eigenvalue weighted by molar-refractivity contribution is 6.30. The highest BCUT2D eigenvalue weighted by atomic mass is 35.5. The molecule has 25 heavy (non-hydrogen) atoms. The van der Waals surface area contributed by atoms with Crippen LogP contribution in [0, 0.1) is 5.92 Å². The molecule has 8 nitrogen and oxygen atoms in total. The summed E-state index contributed by atoms with van der Waals surface area (Å²) < 4.78 is 10.4. The van der Waals surface area contributed by atoms with Gasteiger partial charge in [-0.05, 0) is 37.6 Å². The number of nitrogens with one attached hydrogen (secondary N) is 2. The minimum atomic E-state index is -0.892. The van der Waals surface area contributed by atoms with E-state index in [1.54, 1.807) is 24.3 Å². The zero-order valence-electron chi connectivity index (χ0n) is 13.9. The van der Waals surface area contributed by atoms with Crippen LogP contribution in [0.2, 0.25) is 5.02 Å². The normalized spacial score (nSPS) is 13.1. The summed E-state index contributed by atoms with van der Waals surface area (Å²) in [5.41, 5.74) is 1.89. The van der Waals surface area contributed by atoms with E-state index in [4.69, 9.17) is 26.3 Å². The molecule has 0 saturated carbocycles. The Kier molecular flexibility index (Phi) is 10.0. The molecule has 140 valence electrons. The van der Waals surface area contributed by atoms with Crippen molar-refractivity contribution >= 4 is 23.4 Å². The minimum Gasteiger partial charge on any atom is -0.396 e. The highest BCUT2D eigenvalue weighted by Crippen LogP contribution is 2.12. The maximum absolute atomic E-state index is 12.3. The Labute approximate surface area is 151 Å². The van der Waals surface area contributed by atoms with E-state index in [1.165, 1.54) is 5.48 Å². The van der Waals surface area contributed by atoms with Crippen LogP contribution in [0.15, 0.2) is 24.3 Å². The van der Waals surface area contributed by atoms with Crippen molar-refractivity contribution in [3.63, 3.8) is 0 Å². The van der Waals surface area contributed by atoms with Gasteiger partial charge in [-0.3, -0.25) is 14.8 Å². The summed E-state index contributed by atoms with van der Waals surface area (Å²) in [7, 11) is 0. The zero-order valence-corrected chi connectivity index (χ0v) is 14.7. The van der Waals surface area contributed by atoms with Gasteiger partial charge in [0.1, 0.15) is 6.79 Å². The van der Waals surface area contributed by atoms with Crippen molar-refractivity contribution in [2.75, 3.05) is 26.6 Å². The third kappa shape index (κ3) is 7.80. The fraction of sp³-hybridized carbons (Fsp3) is 0.500. The molecule has 0 aliphatic rings. The first-order chi connectivity index (χ1) is 12.0. The van der Waals surface area contributed by atoms with Crippen LogP contribution in [0.3, 0.4) is 0 Å². The molecule has 0 aromatic heterocycles. The minimum absolute atomic E-state index is 0.0415. The average molecular weight is 375 g/mol. The Balaban J connectivity index is 2.72. The van der Waals surface area contributed by atoms with Crippen LogP contribution >= 0.6 is 11.6 Å². The predicted octanol–water partition coefficient (Wildman–Crippen LogP) is 0.953. The Morgan fingerprint density at radius 1 is 1.24 bits per heavy atom. The molecular formula is C16H23ClN2O6. The summed E-state index contributed by atoms with van der Waals surface area (Å²) in [4.78, 5) is 23.8.